The molecule has 3 saturated heterocycles. The number of nitro groups is 1. The Hall–Kier alpha value is -2.71. The number of benzene rings is 2. The molecular formula is C21H18N2O5S. The standard InChI is InChI=1S/C21H18N2O5S/c1-11-2-4-14(5-3-11)29-15-9-12(8-13(10-15)23(26)27)22-20(24)18-16-6-7-17(28-16)19(18)21(22)25/h2-5,8-10,16-19H,6-7H2,1H3. The van der Waals surface area contributed by atoms with Crippen LogP contribution in [-0.2, 0) is 14.3 Å². The molecule has 0 spiro atoms. The monoisotopic (exact) mass is 410 g/mol. The molecular weight excluding hydrogens is 392 g/mol. The van der Waals surface area contributed by atoms with Gasteiger partial charge in [0.25, 0.3) is 5.69 Å². The zero-order chi connectivity index (χ0) is 20.3. The number of anilines is 1. The molecule has 0 N–H and O–H groups in total. The minimum absolute atomic E-state index is 0.144. The van der Waals surface area contributed by atoms with Gasteiger partial charge in [0.2, 0.25) is 11.8 Å². The van der Waals surface area contributed by atoms with Crippen LogP contribution in [0.2, 0.25) is 0 Å². The second-order valence-electron chi connectivity index (χ2n) is 7.71. The molecule has 3 heterocycles. The highest BCUT2D eigenvalue weighted by atomic mass is 32.2. The van der Waals surface area contributed by atoms with Crippen molar-refractivity contribution in [3.05, 3.63) is 58.1 Å². The fourth-order valence-corrected chi connectivity index (χ4v) is 5.47. The van der Waals surface area contributed by atoms with E-state index in [1.165, 1.54) is 23.9 Å². The topological polar surface area (TPSA) is 89.8 Å². The van der Waals surface area contributed by atoms with Gasteiger partial charge >= 0.3 is 0 Å². The van der Waals surface area contributed by atoms with Crippen LogP contribution in [-0.4, -0.2) is 28.9 Å². The van der Waals surface area contributed by atoms with Crippen molar-refractivity contribution in [1.29, 1.82) is 0 Å². The van der Waals surface area contributed by atoms with Gasteiger partial charge in [-0.05, 0) is 38.0 Å². The lowest BCUT2D eigenvalue weighted by Crippen LogP contribution is -2.34. The molecule has 7 nitrogen and oxygen atoms in total. The number of rotatable bonds is 4. The molecule has 29 heavy (non-hydrogen) atoms. The normalized spacial score (nSPS) is 27.6. The second kappa shape index (κ2) is 6.67. The van der Waals surface area contributed by atoms with Gasteiger partial charge in [0.15, 0.2) is 0 Å². The number of nitrogens with zero attached hydrogens (tertiary/aromatic N) is 2. The van der Waals surface area contributed by atoms with E-state index < -0.39 is 16.8 Å². The molecule has 0 aromatic heterocycles. The largest absolute Gasteiger partial charge is 0.373 e. The van der Waals surface area contributed by atoms with Crippen molar-refractivity contribution in [3.8, 4) is 0 Å². The summed E-state index contributed by atoms with van der Waals surface area (Å²) in [5.41, 5.74) is 1.23. The molecule has 148 valence electrons. The number of imide groups is 1. The third-order valence-corrected chi connectivity index (χ3v) is 6.87. The summed E-state index contributed by atoms with van der Waals surface area (Å²) in [6, 6.07) is 12.2. The number of nitro benzene ring substituents is 1. The average molecular weight is 410 g/mol. The van der Waals surface area contributed by atoms with E-state index >= 15 is 0 Å². The van der Waals surface area contributed by atoms with Crippen molar-refractivity contribution in [1.82, 2.24) is 0 Å². The lowest BCUT2D eigenvalue weighted by molar-refractivity contribution is -0.385. The molecule has 5 rings (SSSR count). The van der Waals surface area contributed by atoms with Crippen LogP contribution in [0.3, 0.4) is 0 Å². The molecule has 2 amide bonds. The van der Waals surface area contributed by atoms with E-state index in [4.69, 9.17) is 4.74 Å². The van der Waals surface area contributed by atoms with Crippen LogP contribution in [0.15, 0.2) is 52.3 Å². The Labute approximate surface area is 171 Å². The van der Waals surface area contributed by atoms with Gasteiger partial charge in [-0.25, -0.2) is 4.90 Å². The fraction of sp³-hybridized carbons (Fsp3) is 0.333. The summed E-state index contributed by atoms with van der Waals surface area (Å²) in [6.07, 6.45) is 1.13. The van der Waals surface area contributed by atoms with E-state index in [-0.39, 0.29) is 35.4 Å². The Morgan fingerprint density at radius 1 is 1.00 bits per heavy atom. The molecule has 8 heteroatoms. The van der Waals surface area contributed by atoms with Gasteiger partial charge in [0, 0.05) is 21.9 Å². The summed E-state index contributed by atoms with van der Waals surface area (Å²) in [4.78, 5) is 39.7. The van der Waals surface area contributed by atoms with E-state index in [0.29, 0.717) is 4.90 Å². The first-order chi connectivity index (χ1) is 13.9. The van der Waals surface area contributed by atoms with E-state index in [0.717, 1.165) is 28.2 Å². The summed E-state index contributed by atoms with van der Waals surface area (Å²) >= 11 is 1.36. The zero-order valence-electron chi connectivity index (χ0n) is 15.6. The van der Waals surface area contributed by atoms with Crippen molar-refractivity contribution in [2.75, 3.05) is 4.90 Å². The highest BCUT2D eigenvalue weighted by Gasteiger charge is 2.62. The number of ether oxygens (including phenoxy) is 1. The molecule has 2 aromatic carbocycles. The Morgan fingerprint density at radius 2 is 1.62 bits per heavy atom. The Balaban J connectivity index is 1.52. The minimum Gasteiger partial charge on any atom is -0.373 e. The number of hydrogen-bond acceptors (Lipinski definition) is 6. The number of fused-ring (bicyclic) bond motifs is 5. The van der Waals surface area contributed by atoms with Gasteiger partial charge < -0.3 is 4.74 Å². The number of carbonyl (C=O) groups excluding carboxylic acids is 2. The Bertz CT molecular complexity index is 1010. The van der Waals surface area contributed by atoms with Crippen LogP contribution < -0.4 is 4.90 Å². The smallest absolute Gasteiger partial charge is 0.272 e. The van der Waals surface area contributed by atoms with Crippen LogP contribution in [0.5, 0.6) is 0 Å². The molecule has 2 bridgehead atoms. The summed E-state index contributed by atoms with van der Waals surface area (Å²) in [5.74, 6) is -1.54. The number of hydrogen-bond donors (Lipinski definition) is 0. The van der Waals surface area contributed by atoms with E-state index in [2.05, 4.69) is 0 Å². The average Bonchev–Trinajstić information content (AvgIpc) is 3.37. The summed E-state index contributed by atoms with van der Waals surface area (Å²) in [6.45, 7) is 1.98. The van der Waals surface area contributed by atoms with Gasteiger partial charge in [-0.1, -0.05) is 29.5 Å². The second-order valence-corrected chi connectivity index (χ2v) is 8.86. The maximum absolute atomic E-state index is 13.0. The molecule has 3 aliphatic heterocycles. The van der Waals surface area contributed by atoms with Crippen LogP contribution in [0.4, 0.5) is 11.4 Å². The fourth-order valence-electron chi connectivity index (χ4n) is 4.57. The van der Waals surface area contributed by atoms with Crippen LogP contribution >= 0.6 is 11.8 Å². The SMILES string of the molecule is Cc1ccc(Sc2cc(N3C(=O)C4C5CCC(O5)C4C3=O)cc([N+](=O)[O-])c2)cc1. The molecule has 3 aliphatic rings. The molecule has 0 aliphatic carbocycles. The maximum Gasteiger partial charge on any atom is 0.272 e. The lowest BCUT2D eigenvalue weighted by Gasteiger charge is -2.18. The number of amides is 2. The highest BCUT2D eigenvalue weighted by Crippen LogP contribution is 2.50. The quantitative estimate of drug-likeness (QED) is 0.434. The summed E-state index contributed by atoms with van der Waals surface area (Å²) in [7, 11) is 0. The third-order valence-electron chi connectivity index (χ3n) is 5.89. The first-order valence-corrected chi connectivity index (χ1v) is 10.3. The van der Waals surface area contributed by atoms with Gasteiger partial charge in [-0.15, -0.1) is 0 Å². The first-order valence-electron chi connectivity index (χ1n) is 9.49. The van der Waals surface area contributed by atoms with Gasteiger partial charge in [0.1, 0.15) is 0 Å². The van der Waals surface area contributed by atoms with Crippen molar-refractivity contribution < 1.29 is 19.2 Å². The molecule has 2 aromatic rings. The highest BCUT2D eigenvalue weighted by molar-refractivity contribution is 7.99. The molecule has 3 fully saturated rings. The van der Waals surface area contributed by atoms with Crippen LogP contribution in [0.1, 0.15) is 18.4 Å². The van der Waals surface area contributed by atoms with Gasteiger partial charge in [-0.3, -0.25) is 19.7 Å². The van der Waals surface area contributed by atoms with Crippen LogP contribution in [0.25, 0.3) is 0 Å². The molecule has 0 radical (unpaired) electrons. The van der Waals surface area contributed by atoms with Crippen molar-refractivity contribution >= 4 is 35.0 Å². The van der Waals surface area contributed by atoms with E-state index in [1.54, 1.807) is 6.07 Å². The third kappa shape index (κ3) is 2.94. The number of aryl methyl sites for hydroxylation is 1. The van der Waals surface area contributed by atoms with Gasteiger partial charge in [-0.2, -0.15) is 0 Å². The Morgan fingerprint density at radius 3 is 2.21 bits per heavy atom. The summed E-state index contributed by atoms with van der Waals surface area (Å²) in [5, 5.41) is 11.5. The van der Waals surface area contributed by atoms with Crippen molar-refractivity contribution in [2.24, 2.45) is 11.8 Å². The molecule has 0 saturated carbocycles. The maximum atomic E-state index is 13.0. The van der Waals surface area contributed by atoms with Crippen molar-refractivity contribution in [3.63, 3.8) is 0 Å². The van der Waals surface area contributed by atoms with Crippen LogP contribution in [0, 0.1) is 28.9 Å². The van der Waals surface area contributed by atoms with E-state index in [1.807, 2.05) is 31.2 Å². The Kier molecular flexibility index (Phi) is 4.22. The predicted molar refractivity (Wildman–Crippen MR) is 106 cm³/mol. The molecule has 4 atom stereocenters. The van der Waals surface area contributed by atoms with E-state index in [9.17, 15) is 19.7 Å². The van der Waals surface area contributed by atoms with Gasteiger partial charge in [0.05, 0.1) is 34.7 Å². The summed E-state index contributed by atoms with van der Waals surface area (Å²) < 4.78 is 5.76. The number of carbonyl (C=O) groups is 2. The zero-order valence-corrected chi connectivity index (χ0v) is 16.4. The molecule has 4 unspecified atom stereocenters. The lowest BCUT2D eigenvalue weighted by atomic mass is 9.81. The number of non-ortho nitro benzene ring substituents is 1. The van der Waals surface area contributed by atoms with Crippen molar-refractivity contribution in [2.45, 2.75) is 41.8 Å². The minimum atomic E-state index is -0.499. The first kappa shape index (κ1) is 18.3. The predicted octanol–water partition coefficient (Wildman–Crippen LogP) is 3.72.